The number of fused-ring (bicyclic) bond motifs is 7. The summed E-state index contributed by atoms with van der Waals surface area (Å²) in [6, 6.07) is 67.7. The Morgan fingerprint density at radius 3 is 1.29 bits per heavy atom. The third-order valence-electron chi connectivity index (χ3n) is 10.4. The summed E-state index contributed by atoms with van der Waals surface area (Å²) in [4.78, 5) is 14.2. The van der Waals surface area contributed by atoms with Crippen LogP contribution in [0.2, 0.25) is 0 Å². The molecule has 0 spiro atoms. The quantitative estimate of drug-likeness (QED) is 0.168. The van der Waals surface area contributed by atoms with Crippen molar-refractivity contribution in [3.63, 3.8) is 0 Å². The van der Waals surface area contributed by atoms with Crippen molar-refractivity contribution < 1.29 is 0 Å². The van der Waals surface area contributed by atoms with Crippen molar-refractivity contribution in [2.75, 3.05) is 0 Å². The summed E-state index contributed by atoms with van der Waals surface area (Å²) in [6.45, 7) is 0. The summed E-state index contributed by atoms with van der Waals surface area (Å²) in [5.74, 6) is 0. The lowest BCUT2D eigenvalue weighted by Gasteiger charge is -2.12. The van der Waals surface area contributed by atoms with E-state index in [4.69, 9.17) is 0 Å². The lowest BCUT2D eigenvalue weighted by atomic mass is 9.92. The molecule has 3 heteroatoms. The highest BCUT2D eigenvalue weighted by Gasteiger charge is 2.17. The zero-order valence-corrected chi connectivity index (χ0v) is 28.3. The molecule has 0 aliphatic rings. The molecule has 0 saturated heterocycles. The van der Waals surface area contributed by atoms with E-state index in [0.717, 1.165) is 44.7 Å². The molecule has 10 rings (SSSR count). The Balaban J connectivity index is 0.991. The molecule has 0 unspecified atom stereocenters. The van der Waals surface area contributed by atoms with Gasteiger partial charge >= 0.3 is 5.69 Å². The zero-order valence-electron chi connectivity index (χ0n) is 28.3. The second-order valence-electron chi connectivity index (χ2n) is 13.3. The van der Waals surface area contributed by atoms with Crippen LogP contribution in [0.15, 0.2) is 199 Å². The topological polar surface area (TPSA) is 26.9 Å². The Morgan fingerprint density at radius 1 is 0.269 bits per heavy atom. The second-order valence-corrected chi connectivity index (χ2v) is 13.3. The van der Waals surface area contributed by atoms with Gasteiger partial charge in [-0.05, 0) is 108 Å². The molecule has 0 bridgehead atoms. The van der Waals surface area contributed by atoms with Crippen molar-refractivity contribution in [1.29, 1.82) is 0 Å². The first-order valence-electron chi connectivity index (χ1n) is 17.6. The van der Waals surface area contributed by atoms with Crippen LogP contribution in [-0.4, -0.2) is 9.13 Å². The number of nitrogens with zero attached hydrogens (tertiary/aromatic N) is 2. The van der Waals surface area contributed by atoms with Crippen molar-refractivity contribution in [1.82, 2.24) is 9.13 Å². The normalized spacial score (nSPS) is 11.5. The van der Waals surface area contributed by atoms with Gasteiger partial charge in [0.15, 0.2) is 0 Å². The molecular weight excluding hydrogens is 633 g/mol. The Hall–Kier alpha value is -6.97. The average Bonchev–Trinajstić information content (AvgIpc) is 3.52. The van der Waals surface area contributed by atoms with Gasteiger partial charge in [0.25, 0.3) is 0 Å². The summed E-state index contributed by atoms with van der Waals surface area (Å²) >= 11 is 0. The fraction of sp³-hybridized carbons (Fsp3) is 0. The monoisotopic (exact) mass is 664 g/mol. The molecule has 0 atom stereocenters. The number of hydrogen-bond acceptors (Lipinski definition) is 1. The van der Waals surface area contributed by atoms with Crippen LogP contribution >= 0.6 is 0 Å². The SMILES string of the molecule is O=c1n(-c2ccc(-c3ccc(-c4ccc5c6ccccc6c6ccccc6c5c4)cc3)cc2)c2ccccc2n1-c1cccc(-c2ccccc2)c1. The van der Waals surface area contributed by atoms with E-state index in [9.17, 15) is 4.79 Å². The summed E-state index contributed by atoms with van der Waals surface area (Å²) < 4.78 is 3.62. The standard InChI is InChI=1S/C49H32N2O/c52-49-50(47-19-8-9-20-48(47)51(49)40-14-10-13-37(31-40)33-11-2-1-3-12-33)39-28-25-35(26-29-39)34-21-23-36(24-22-34)38-27-30-45-43-17-5-4-15-41(43)42-16-6-7-18-44(42)46(45)32-38/h1-32H. The minimum absolute atomic E-state index is 0.0975. The predicted molar refractivity (Wildman–Crippen MR) is 218 cm³/mol. The summed E-state index contributed by atoms with van der Waals surface area (Å²) in [5.41, 5.74) is 10.1. The first kappa shape index (κ1) is 29.9. The lowest BCUT2D eigenvalue weighted by molar-refractivity contribution is 0.931. The molecular formula is C49H32N2O. The van der Waals surface area contributed by atoms with Gasteiger partial charge in [0, 0.05) is 0 Å². The number of benzene rings is 9. The van der Waals surface area contributed by atoms with E-state index in [1.807, 2.05) is 75.9 Å². The zero-order chi connectivity index (χ0) is 34.6. The van der Waals surface area contributed by atoms with E-state index in [0.29, 0.717) is 0 Å². The number of para-hydroxylation sites is 2. The molecule has 9 aromatic carbocycles. The predicted octanol–water partition coefficient (Wildman–Crippen LogP) is 12.2. The molecule has 3 nitrogen and oxygen atoms in total. The maximum absolute atomic E-state index is 14.2. The molecule has 244 valence electrons. The molecule has 1 aromatic heterocycles. The third-order valence-corrected chi connectivity index (χ3v) is 10.4. The first-order valence-corrected chi connectivity index (χ1v) is 17.6. The summed E-state index contributed by atoms with van der Waals surface area (Å²) in [7, 11) is 0. The molecule has 1 heterocycles. The maximum atomic E-state index is 14.2. The van der Waals surface area contributed by atoms with E-state index in [2.05, 4.69) is 127 Å². The minimum Gasteiger partial charge on any atom is -0.260 e. The van der Waals surface area contributed by atoms with Gasteiger partial charge in [-0.25, -0.2) is 4.79 Å². The van der Waals surface area contributed by atoms with Crippen LogP contribution < -0.4 is 5.69 Å². The van der Waals surface area contributed by atoms with Crippen LogP contribution in [0.4, 0.5) is 0 Å². The van der Waals surface area contributed by atoms with E-state index < -0.39 is 0 Å². The van der Waals surface area contributed by atoms with Crippen molar-refractivity contribution >= 4 is 43.4 Å². The van der Waals surface area contributed by atoms with E-state index >= 15 is 0 Å². The van der Waals surface area contributed by atoms with Gasteiger partial charge in [-0.15, -0.1) is 0 Å². The molecule has 0 saturated carbocycles. The fourth-order valence-electron chi connectivity index (χ4n) is 7.85. The van der Waals surface area contributed by atoms with Crippen molar-refractivity contribution in [3.05, 3.63) is 205 Å². The maximum Gasteiger partial charge on any atom is 0.338 e. The molecule has 0 amide bonds. The van der Waals surface area contributed by atoms with Crippen LogP contribution in [0.5, 0.6) is 0 Å². The second kappa shape index (κ2) is 12.1. The highest BCUT2D eigenvalue weighted by molar-refractivity contribution is 6.25. The Labute approximate surface area is 300 Å². The van der Waals surface area contributed by atoms with Gasteiger partial charge in [-0.3, -0.25) is 9.13 Å². The molecule has 0 N–H and O–H groups in total. The third kappa shape index (κ3) is 4.86. The van der Waals surface area contributed by atoms with Crippen LogP contribution in [0.3, 0.4) is 0 Å². The highest BCUT2D eigenvalue weighted by atomic mass is 16.1. The van der Waals surface area contributed by atoms with Gasteiger partial charge < -0.3 is 0 Å². The van der Waals surface area contributed by atoms with Gasteiger partial charge in [0.2, 0.25) is 0 Å². The molecule has 0 radical (unpaired) electrons. The Bertz CT molecular complexity index is 2970. The van der Waals surface area contributed by atoms with Gasteiger partial charge in [-0.2, -0.15) is 0 Å². The largest absolute Gasteiger partial charge is 0.338 e. The van der Waals surface area contributed by atoms with E-state index in [-0.39, 0.29) is 5.69 Å². The Morgan fingerprint density at radius 2 is 0.673 bits per heavy atom. The first-order chi connectivity index (χ1) is 25.7. The minimum atomic E-state index is -0.0975. The van der Waals surface area contributed by atoms with Crippen LogP contribution in [0, 0.1) is 0 Å². The molecule has 0 aliphatic carbocycles. The van der Waals surface area contributed by atoms with Crippen molar-refractivity contribution in [3.8, 4) is 44.8 Å². The number of hydrogen-bond donors (Lipinski definition) is 0. The number of imidazole rings is 1. The average molecular weight is 665 g/mol. The molecule has 0 fully saturated rings. The van der Waals surface area contributed by atoms with Gasteiger partial charge in [0.1, 0.15) is 0 Å². The van der Waals surface area contributed by atoms with Crippen molar-refractivity contribution in [2.24, 2.45) is 0 Å². The van der Waals surface area contributed by atoms with Crippen LogP contribution in [-0.2, 0) is 0 Å². The van der Waals surface area contributed by atoms with Crippen molar-refractivity contribution in [2.45, 2.75) is 0 Å². The van der Waals surface area contributed by atoms with Gasteiger partial charge in [0.05, 0.1) is 22.4 Å². The van der Waals surface area contributed by atoms with E-state index in [1.54, 1.807) is 0 Å². The molecule has 52 heavy (non-hydrogen) atoms. The Kier molecular flexibility index (Phi) is 6.97. The van der Waals surface area contributed by atoms with E-state index in [1.165, 1.54) is 43.4 Å². The van der Waals surface area contributed by atoms with Crippen LogP contribution in [0.25, 0.3) is 88.1 Å². The molecule has 0 aliphatic heterocycles. The smallest absolute Gasteiger partial charge is 0.260 e. The fourth-order valence-corrected chi connectivity index (χ4v) is 7.85. The van der Waals surface area contributed by atoms with Crippen LogP contribution in [0.1, 0.15) is 0 Å². The highest BCUT2D eigenvalue weighted by Crippen LogP contribution is 2.37. The molecule has 10 aromatic rings. The summed E-state index contributed by atoms with van der Waals surface area (Å²) in [6.07, 6.45) is 0. The summed E-state index contributed by atoms with van der Waals surface area (Å²) in [5, 5.41) is 7.68. The number of aromatic nitrogens is 2. The number of rotatable bonds is 5. The lowest BCUT2D eigenvalue weighted by Crippen LogP contribution is -2.22. The van der Waals surface area contributed by atoms with Gasteiger partial charge in [-0.1, -0.05) is 152 Å².